The summed E-state index contributed by atoms with van der Waals surface area (Å²) in [6, 6.07) is 4.43. The van der Waals surface area contributed by atoms with Gasteiger partial charge in [-0.05, 0) is 49.1 Å². The summed E-state index contributed by atoms with van der Waals surface area (Å²) in [5.74, 6) is -0.326. The number of morpholine rings is 1. The van der Waals surface area contributed by atoms with Gasteiger partial charge in [0, 0.05) is 37.7 Å². The first-order valence-corrected chi connectivity index (χ1v) is 10.4. The summed E-state index contributed by atoms with van der Waals surface area (Å²) >= 11 is 0. The van der Waals surface area contributed by atoms with Crippen LogP contribution in [-0.2, 0) is 9.53 Å². The minimum atomic E-state index is -0.406. The molecule has 1 N–H and O–H groups in total. The quantitative estimate of drug-likeness (QED) is 0.764. The molecule has 3 fully saturated rings. The molecule has 0 aromatic heterocycles. The molecule has 0 bridgehead atoms. The lowest BCUT2D eigenvalue weighted by molar-refractivity contribution is -0.137. The van der Waals surface area contributed by atoms with Crippen LogP contribution in [0.4, 0.5) is 4.39 Å². The van der Waals surface area contributed by atoms with Crippen LogP contribution >= 0.6 is 0 Å². The van der Waals surface area contributed by atoms with Gasteiger partial charge in [-0.3, -0.25) is 9.59 Å². The van der Waals surface area contributed by atoms with Crippen LogP contribution in [0.1, 0.15) is 34.7 Å². The Balaban J connectivity index is 1.62. The molecule has 0 aliphatic carbocycles. The molecule has 29 heavy (non-hydrogen) atoms. The number of nitrogens with one attached hydrogen (secondary N) is 1. The van der Waals surface area contributed by atoms with E-state index < -0.39 is 5.82 Å². The molecule has 0 spiro atoms. The molecule has 3 unspecified atom stereocenters. The molecule has 3 aliphatic heterocycles. The minimum Gasteiger partial charge on any atom is -0.378 e. The maximum absolute atomic E-state index is 14.5. The second-order valence-electron chi connectivity index (χ2n) is 8.03. The number of benzene rings is 1. The molecule has 1 aromatic rings. The number of hydrogen-bond donors (Lipinski definition) is 1. The SMILES string of the molecule is C=CCCN1CC(c2cc(F)cc(C(=O)N3CCOCC3)c2)C2CCNC2C1=O. The smallest absolute Gasteiger partial charge is 0.254 e. The van der Waals surface area contributed by atoms with Crippen LogP contribution in [0.3, 0.4) is 0 Å². The highest BCUT2D eigenvalue weighted by molar-refractivity contribution is 5.94. The van der Waals surface area contributed by atoms with Gasteiger partial charge < -0.3 is 19.9 Å². The van der Waals surface area contributed by atoms with Crippen LogP contribution in [-0.4, -0.2) is 73.6 Å². The molecule has 3 atom stereocenters. The van der Waals surface area contributed by atoms with E-state index in [9.17, 15) is 14.0 Å². The maximum Gasteiger partial charge on any atom is 0.254 e. The normalized spacial score (nSPS) is 27.1. The summed E-state index contributed by atoms with van der Waals surface area (Å²) in [6.07, 6.45) is 3.40. The predicted molar refractivity (Wildman–Crippen MR) is 107 cm³/mol. The van der Waals surface area contributed by atoms with Crippen molar-refractivity contribution in [3.05, 3.63) is 47.8 Å². The van der Waals surface area contributed by atoms with E-state index in [-0.39, 0.29) is 29.7 Å². The number of hydrogen-bond acceptors (Lipinski definition) is 4. The van der Waals surface area contributed by atoms with E-state index in [0.717, 1.165) is 24.9 Å². The van der Waals surface area contributed by atoms with Gasteiger partial charge in [0.1, 0.15) is 5.82 Å². The standard InChI is InChI=1S/C22H28FN3O3/c1-2-3-6-26-14-19(18-4-5-24-20(18)22(26)28)15-11-16(13-17(23)12-15)21(27)25-7-9-29-10-8-25/h2,11-13,18-20,24H,1,3-10,14H2. The van der Waals surface area contributed by atoms with Crippen LogP contribution < -0.4 is 5.32 Å². The average molecular weight is 401 g/mol. The van der Waals surface area contributed by atoms with Crippen molar-refractivity contribution in [2.45, 2.75) is 24.8 Å². The summed E-state index contributed by atoms with van der Waals surface area (Å²) in [5.41, 5.74) is 1.18. The average Bonchev–Trinajstić information content (AvgIpc) is 3.23. The highest BCUT2D eigenvalue weighted by Gasteiger charge is 2.45. The molecular weight excluding hydrogens is 373 g/mol. The Morgan fingerprint density at radius 2 is 2.10 bits per heavy atom. The van der Waals surface area contributed by atoms with Crippen molar-refractivity contribution in [2.75, 3.05) is 45.9 Å². The van der Waals surface area contributed by atoms with E-state index in [0.29, 0.717) is 45.0 Å². The predicted octanol–water partition coefficient (Wildman–Crippen LogP) is 1.78. The summed E-state index contributed by atoms with van der Waals surface area (Å²) < 4.78 is 19.8. The minimum absolute atomic E-state index is 0.00412. The molecule has 0 radical (unpaired) electrons. The summed E-state index contributed by atoms with van der Waals surface area (Å²) in [4.78, 5) is 29.3. The number of ether oxygens (including phenoxy) is 1. The number of carbonyl (C=O) groups excluding carboxylic acids is 2. The Hall–Kier alpha value is -2.25. The molecule has 6 nitrogen and oxygen atoms in total. The van der Waals surface area contributed by atoms with Crippen molar-refractivity contribution in [2.24, 2.45) is 5.92 Å². The van der Waals surface area contributed by atoms with Gasteiger partial charge in [-0.1, -0.05) is 6.08 Å². The molecular formula is C22H28FN3O3. The van der Waals surface area contributed by atoms with Gasteiger partial charge in [0.25, 0.3) is 5.91 Å². The zero-order valence-electron chi connectivity index (χ0n) is 16.6. The Kier molecular flexibility index (Phi) is 5.96. The Morgan fingerprint density at radius 3 is 2.86 bits per heavy atom. The molecule has 3 aliphatic rings. The van der Waals surface area contributed by atoms with Crippen molar-refractivity contribution in [1.29, 1.82) is 0 Å². The number of rotatable bonds is 5. The zero-order chi connectivity index (χ0) is 20.4. The molecule has 2 amide bonds. The second-order valence-corrected chi connectivity index (χ2v) is 8.03. The number of piperidine rings is 1. The number of fused-ring (bicyclic) bond motifs is 1. The zero-order valence-corrected chi connectivity index (χ0v) is 16.6. The summed E-state index contributed by atoms with van der Waals surface area (Å²) in [6.45, 7) is 7.73. The molecule has 4 rings (SSSR count). The fourth-order valence-corrected chi connectivity index (χ4v) is 4.79. The molecule has 7 heteroatoms. The van der Waals surface area contributed by atoms with Crippen molar-refractivity contribution in [1.82, 2.24) is 15.1 Å². The van der Waals surface area contributed by atoms with Crippen molar-refractivity contribution >= 4 is 11.8 Å². The van der Waals surface area contributed by atoms with E-state index in [2.05, 4.69) is 11.9 Å². The molecule has 0 saturated carbocycles. The van der Waals surface area contributed by atoms with Gasteiger partial charge in [-0.15, -0.1) is 6.58 Å². The topological polar surface area (TPSA) is 61.9 Å². The van der Waals surface area contributed by atoms with Crippen LogP contribution in [0.2, 0.25) is 0 Å². The maximum atomic E-state index is 14.5. The first-order chi connectivity index (χ1) is 14.1. The van der Waals surface area contributed by atoms with Crippen LogP contribution in [0.5, 0.6) is 0 Å². The highest BCUT2D eigenvalue weighted by atomic mass is 19.1. The lowest BCUT2D eigenvalue weighted by Gasteiger charge is -2.40. The Morgan fingerprint density at radius 1 is 1.31 bits per heavy atom. The number of likely N-dealkylation sites (tertiary alicyclic amines) is 1. The summed E-state index contributed by atoms with van der Waals surface area (Å²) in [5, 5.41) is 3.32. The van der Waals surface area contributed by atoms with Crippen LogP contribution in [0.25, 0.3) is 0 Å². The fourth-order valence-electron chi connectivity index (χ4n) is 4.79. The Labute approximate surface area is 170 Å². The van der Waals surface area contributed by atoms with Gasteiger partial charge in [0.2, 0.25) is 5.91 Å². The second kappa shape index (κ2) is 8.63. The number of carbonyl (C=O) groups is 2. The third kappa shape index (κ3) is 4.07. The van der Waals surface area contributed by atoms with Gasteiger partial charge in [0.15, 0.2) is 0 Å². The van der Waals surface area contributed by atoms with E-state index in [4.69, 9.17) is 4.74 Å². The fraction of sp³-hybridized carbons (Fsp3) is 0.545. The lowest BCUT2D eigenvalue weighted by atomic mass is 9.77. The van der Waals surface area contributed by atoms with E-state index in [1.54, 1.807) is 11.0 Å². The summed E-state index contributed by atoms with van der Waals surface area (Å²) in [7, 11) is 0. The van der Waals surface area contributed by atoms with Crippen molar-refractivity contribution in [3.63, 3.8) is 0 Å². The van der Waals surface area contributed by atoms with Gasteiger partial charge in [0.05, 0.1) is 19.3 Å². The Bertz CT molecular complexity index is 794. The van der Waals surface area contributed by atoms with Crippen molar-refractivity contribution < 1.29 is 18.7 Å². The third-order valence-electron chi connectivity index (χ3n) is 6.28. The van der Waals surface area contributed by atoms with E-state index >= 15 is 0 Å². The first kappa shape index (κ1) is 20.0. The highest BCUT2D eigenvalue weighted by Crippen LogP contribution is 2.38. The molecule has 3 saturated heterocycles. The van der Waals surface area contributed by atoms with Crippen LogP contribution in [0, 0.1) is 11.7 Å². The molecule has 156 valence electrons. The largest absolute Gasteiger partial charge is 0.378 e. The number of amides is 2. The number of nitrogens with zero attached hydrogens (tertiary/aromatic N) is 2. The monoisotopic (exact) mass is 401 g/mol. The lowest BCUT2D eigenvalue weighted by Crippen LogP contribution is -2.54. The number of halogens is 1. The molecule has 1 aromatic carbocycles. The van der Waals surface area contributed by atoms with E-state index in [1.807, 2.05) is 11.0 Å². The first-order valence-electron chi connectivity index (χ1n) is 10.4. The van der Waals surface area contributed by atoms with Gasteiger partial charge in [-0.25, -0.2) is 4.39 Å². The van der Waals surface area contributed by atoms with Gasteiger partial charge in [-0.2, -0.15) is 0 Å². The van der Waals surface area contributed by atoms with Gasteiger partial charge >= 0.3 is 0 Å². The van der Waals surface area contributed by atoms with E-state index in [1.165, 1.54) is 12.1 Å². The van der Waals surface area contributed by atoms with Crippen molar-refractivity contribution in [3.8, 4) is 0 Å². The third-order valence-corrected chi connectivity index (χ3v) is 6.28. The molecule has 3 heterocycles. The van der Waals surface area contributed by atoms with Crippen LogP contribution in [0.15, 0.2) is 30.9 Å².